The summed E-state index contributed by atoms with van der Waals surface area (Å²) in [6.45, 7) is 10.9. The summed E-state index contributed by atoms with van der Waals surface area (Å²) in [6.07, 6.45) is 6.74. The van der Waals surface area contributed by atoms with Gasteiger partial charge in [0.1, 0.15) is 41.5 Å². The molecule has 0 radical (unpaired) electrons. The van der Waals surface area contributed by atoms with Crippen molar-refractivity contribution in [3.05, 3.63) is 111 Å². The van der Waals surface area contributed by atoms with E-state index in [0.29, 0.717) is 77.4 Å². The number of aromatic hydroxyl groups is 1. The van der Waals surface area contributed by atoms with Gasteiger partial charge in [-0.3, -0.25) is 23.7 Å². The Bertz CT molecular complexity index is 2840. The molecule has 1 unspecified atom stereocenters. The highest BCUT2D eigenvalue weighted by Gasteiger charge is 2.30. The molecular formula is C50H58Cl2N12O7S2. The van der Waals surface area contributed by atoms with Crippen LogP contribution in [0.5, 0.6) is 5.75 Å². The predicted molar refractivity (Wildman–Crippen MR) is 288 cm³/mol. The van der Waals surface area contributed by atoms with Crippen molar-refractivity contribution in [1.29, 1.82) is 0 Å². The summed E-state index contributed by atoms with van der Waals surface area (Å²) in [5, 5.41) is 35.7. The van der Waals surface area contributed by atoms with Gasteiger partial charge in [0, 0.05) is 74.2 Å². The van der Waals surface area contributed by atoms with E-state index in [-0.39, 0.29) is 76.6 Å². The minimum absolute atomic E-state index is 0.00904. The number of piperidine rings is 1. The molecule has 73 heavy (non-hydrogen) atoms. The van der Waals surface area contributed by atoms with Gasteiger partial charge in [-0.15, -0.1) is 15.1 Å². The third-order valence-electron chi connectivity index (χ3n) is 12.3. The van der Waals surface area contributed by atoms with E-state index < -0.39 is 24.0 Å². The van der Waals surface area contributed by atoms with E-state index in [2.05, 4.69) is 46.5 Å². The Morgan fingerprint density at radius 1 is 0.973 bits per heavy atom. The van der Waals surface area contributed by atoms with Crippen LogP contribution in [-0.4, -0.2) is 121 Å². The molecule has 2 aromatic carbocycles. The lowest BCUT2D eigenvalue weighted by molar-refractivity contribution is -0.142. The van der Waals surface area contributed by atoms with Crippen LogP contribution in [0.1, 0.15) is 93.2 Å². The fraction of sp³-hybridized carbons (Fsp3) is 0.400. The molecule has 23 heteroatoms. The van der Waals surface area contributed by atoms with Crippen LogP contribution in [0.2, 0.25) is 10.0 Å². The first-order valence-electron chi connectivity index (χ1n) is 23.8. The van der Waals surface area contributed by atoms with Gasteiger partial charge in [-0.1, -0.05) is 70.8 Å². The zero-order chi connectivity index (χ0) is 52.3. The second-order valence-corrected chi connectivity index (χ2v) is 21.4. The van der Waals surface area contributed by atoms with E-state index in [1.807, 2.05) is 51.8 Å². The highest BCUT2D eigenvalue weighted by molar-refractivity contribution is 8.77. The number of halogens is 2. The second-order valence-electron chi connectivity index (χ2n) is 18.1. The van der Waals surface area contributed by atoms with Crippen molar-refractivity contribution in [3.63, 3.8) is 0 Å². The number of nitrogens with zero attached hydrogens (tertiary/aromatic N) is 8. The number of amides is 3. The van der Waals surface area contributed by atoms with Crippen molar-refractivity contribution in [2.24, 2.45) is 5.18 Å². The number of ether oxygens (including phenoxy) is 1. The molecule has 7 rings (SSSR count). The third-order valence-corrected chi connectivity index (χ3v) is 14.9. The van der Waals surface area contributed by atoms with E-state index in [0.717, 1.165) is 11.1 Å². The summed E-state index contributed by atoms with van der Waals surface area (Å²) in [5.41, 5.74) is 3.75. The van der Waals surface area contributed by atoms with E-state index >= 15 is 0 Å². The lowest BCUT2D eigenvalue weighted by Gasteiger charge is -2.37. The number of hydrogen-bond donors (Lipinski definition) is 5. The Kier molecular flexibility index (Phi) is 18.6. The molecule has 0 bridgehead atoms. The summed E-state index contributed by atoms with van der Waals surface area (Å²) in [4.78, 5) is 77.6. The van der Waals surface area contributed by atoms with E-state index in [4.69, 9.17) is 32.9 Å². The monoisotopic (exact) mass is 1070 g/mol. The molecule has 386 valence electrons. The number of carbonyl (C=O) groups is 4. The van der Waals surface area contributed by atoms with Gasteiger partial charge < -0.3 is 40.9 Å². The summed E-state index contributed by atoms with van der Waals surface area (Å²) < 4.78 is 7.18. The van der Waals surface area contributed by atoms with Gasteiger partial charge in [0.15, 0.2) is 5.82 Å². The number of phenols is 1. The van der Waals surface area contributed by atoms with Crippen molar-refractivity contribution in [1.82, 2.24) is 45.6 Å². The van der Waals surface area contributed by atoms with E-state index in [1.54, 1.807) is 61.9 Å². The molecule has 5 aromatic rings. The Morgan fingerprint density at radius 2 is 1.74 bits per heavy atom. The van der Waals surface area contributed by atoms with Crippen LogP contribution in [0.25, 0.3) is 22.6 Å². The highest BCUT2D eigenvalue weighted by atomic mass is 35.5. The minimum atomic E-state index is -0.682. The maximum Gasteiger partial charge on any atom is 0.316 e. The van der Waals surface area contributed by atoms with Gasteiger partial charge in [0.25, 0.3) is 5.91 Å². The number of phenolic OH excluding ortho intramolecular Hbond substituents is 1. The smallest absolute Gasteiger partial charge is 0.316 e. The molecule has 2 aliphatic heterocycles. The number of benzene rings is 2. The molecule has 1 fully saturated rings. The van der Waals surface area contributed by atoms with Crippen LogP contribution in [0, 0.1) is 4.91 Å². The average Bonchev–Trinajstić information content (AvgIpc) is 4.06. The predicted octanol–water partition coefficient (Wildman–Crippen LogP) is 8.44. The maximum absolute atomic E-state index is 13.6. The molecule has 19 nitrogen and oxygen atoms in total. The first-order valence-corrected chi connectivity index (χ1v) is 27.0. The Hall–Kier alpha value is -6.42. The largest absolute Gasteiger partial charge is 0.507 e. The molecule has 0 saturated carbocycles. The molecule has 0 spiro atoms. The number of esters is 1. The zero-order valence-corrected chi connectivity index (χ0v) is 44.4. The van der Waals surface area contributed by atoms with Crippen LogP contribution >= 0.6 is 44.8 Å². The number of pyridine rings is 2. The third kappa shape index (κ3) is 13.6. The number of nitrogens with one attached hydrogen (secondary N) is 4. The highest BCUT2D eigenvalue weighted by Crippen LogP contribution is 2.39. The fourth-order valence-corrected chi connectivity index (χ4v) is 10.6. The van der Waals surface area contributed by atoms with Crippen molar-refractivity contribution in [3.8, 4) is 22.8 Å². The molecule has 3 amide bonds. The number of anilines is 2. The molecule has 5 heterocycles. The van der Waals surface area contributed by atoms with Gasteiger partial charge in [0.05, 0.1) is 34.3 Å². The molecule has 0 aliphatic carbocycles. The lowest BCUT2D eigenvalue weighted by atomic mass is 9.97. The van der Waals surface area contributed by atoms with Gasteiger partial charge in [-0.2, -0.15) is 0 Å². The Balaban J connectivity index is 0.879. The quantitative estimate of drug-likeness (QED) is 0.0201. The van der Waals surface area contributed by atoms with Crippen molar-refractivity contribution >= 4 is 91.4 Å². The summed E-state index contributed by atoms with van der Waals surface area (Å²) >= 11 is 12.8. The molecule has 5 N–H and O–H groups in total. The standard InChI is InChI=1S/C50H58Cl2N12O7S2/c1-7-53-50(69)48-60-59-47(37-19-35(28(2)3)39(61-70)21-42(37)65)64(48)34-11-12-44(56-23-34)62(6)33-13-15-63(16-14-33)45(66)26-72-73-27-46(67)71-25-41(30-9-8-10-32(51)17-30)58-49(68)40-18-31(22-54-40)36-20-43(57-29(4)5)55-24-38(36)52/h8-12,17,19-24,28-29,33,40-41,54,65H,7,13-16,18,25-27H2,1-6H3,(H,53,69)(H,55,57)(H,58,68)/t40?,41-/m1/s1. The number of aromatic nitrogens is 5. The second kappa shape index (κ2) is 25.0. The summed E-state index contributed by atoms with van der Waals surface area (Å²) in [7, 11) is 4.45. The number of carbonyl (C=O) groups excluding carboxylic acids is 4. The number of hydrogen-bond acceptors (Lipinski definition) is 17. The maximum atomic E-state index is 13.6. The molecule has 1 saturated heterocycles. The van der Waals surface area contributed by atoms with Gasteiger partial charge >= 0.3 is 5.97 Å². The van der Waals surface area contributed by atoms with Crippen LogP contribution in [-0.2, 0) is 19.1 Å². The van der Waals surface area contributed by atoms with Crippen molar-refractivity contribution < 1.29 is 29.0 Å². The van der Waals surface area contributed by atoms with Crippen LogP contribution in [0.4, 0.5) is 17.3 Å². The van der Waals surface area contributed by atoms with Crippen molar-refractivity contribution in [2.75, 3.05) is 55.0 Å². The normalized spacial score (nSPS) is 15.1. The van der Waals surface area contributed by atoms with Crippen LogP contribution < -0.4 is 26.2 Å². The number of rotatable bonds is 21. The average molecular weight is 1070 g/mol. The van der Waals surface area contributed by atoms with Gasteiger partial charge in [0.2, 0.25) is 17.6 Å². The Morgan fingerprint density at radius 3 is 2.42 bits per heavy atom. The Labute approximate surface area is 441 Å². The molecule has 2 atom stereocenters. The first kappa shape index (κ1) is 54.4. The number of nitroso groups, excluding NO2 is 1. The summed E-state index contributed by atoms with van der Waals surface area (Å²) in [5.74, 6) is 0.0601. The summed E-state index contributed by atoms with van der Waals surface area (Å²) in [6, 6.07) is 14.4. The van der Waals surface area contributed by atoms with Crippen LogP contribution in [0.15, 0.2) is 78.4 Å². The van der Waals surface area contributed by atoms with Gasteiger partial charge in [-0.25, -0.2) is 9.97 Å². The SMILES string of the molecule is CCNC(=O)c1nnc(-c2cc(C(C)C)c(N=O)cc2O)n1-c1ccc(N(C)C2CCN(C(=O)CSSCC(=O)OC[C@@H](NC(=O)C3CC(c4cc(NC(C)C)ncc4Cl)=CN3)c3cccc(Cl)c3)CC2)nc1. The van der Waals surface area contributed by atoms with Crippen molar-refractivity contribution in [2.45, 2.75) is 84.0 Å². The topological polar surface area (TPSA) is 238 Å². The lowest BCUT2D eigenvalue weighted by Crippen LogP contribution is -2.46. The first-order chi connectivity index (χ1) is 35.0. The number of likely N-dealkylation sites (tertiary alicyclic amines) is 1. The molecular weight excluding hydrogens is 1020 g/mol. The fourth-order valence-electron chi connectivity index (χ4n) is 8.48. The molecule has 2 aliphatic rings. The van der Waals surface area contributed by atoms with E-state index in [9.17, 15) is 29.2 Å². The molecule has 3 aromatic heterocycles. The van der Waals surface area contributed by atoms with Crippen LogP contribution in [0.3, 0.4) is 0 Å². The van der Waals surface area contributed by atoms with Gasteiger partial charge in [-0.05, 0) is 97.8 Å². The minimum Gasteiger partial charge on any atom is -0.507 e. The van der Waals surface area contributed by atoms with E-state index in [1.165, 1.54) is 32.2 Å². The zero-order valence-electron chi connectivity index (χ0n) is 41.2.